The predicted octanol–water partition coefficient (Wildman–Crippen LogP) is 4.50. The Hall–Kier alpha value is -3.93. The van der Waals surface area contributed by atoms with Gasteiger partial charge in [-0.25, -0.2) is 0 Å². The third kappa shape index (κ3) is 3.36. The fraction of sp³-hybridized carbons (Fsp3) is 0.160. The summed E-state index contributed by atoms with van der Waals surface area (Å²) < 4.78 is 0. The minimum absolute atomic E-state index is 0.0403. The first kappa shape index (κ1) is 19.1. The molecule has 6 heteroatoms. The van der Waals surface area contributed by atoms with Crippen LogP contribution in [0.1, 0.15) is 18.0 Å². The van der Waals surface area contributed by atoms with Gasteiger partial charge in [0.2, 0.25) is 5.91 Å². The van der Waals surface area contributed by atoms with Crippen LogP contribution in [-0.4, -0.2) is 44.2 Å². The van der Waals surface area contributed by atoms with E-state index in [-0.39, 0.29) is 17.6 Å². The van der Waals surface area contributed by atoms with E-state index in [1.165, 1.54) is 6.08 Å². The molecule has 0 saturated carbocycles. The number of aromatic nitrogens is 3. The Morgan fingerprint density at radius 1 is 1.13 bits per heavy atom. The number of aromatic amines is 1. The van der Waals surface area contributed by atoms with Gasteiger partial charge in [0, 0.05) is 41.2 Å². The lowest BCUT2D eigenvalue weighted by Crippen LogP contribution is -2.26. The molecule has 1 aliphatic rings. The molecule has 1 unspecified atom stereocenters. The van der Waals surface area contributed by atoms with Gasteiger partial charge in [-0.2, -0.15) is 0 Å². The Morgan fingerprint density at radius 2 is 1.90 bits per heavy atom. The number of amides is 1. The molecule has 1 saturated heterocycles. The summed E-state index contributed by atoms with van der Waals surface area (Å²) in [5.74, 6) is 0.297. The number of H-pyrrole nitrogens is 1. The summed E-state index contributed by atoms with van der Waals surface area (Å²) in [5.41, 5.74) is 5.16. The van der Waals surface area contributed by atoms with E-state index in [4.69, 9.17) is 0 Å². The highest BCUT2D eigenvalue weighted by Gasteiger charge is 2.30. The molecular formula is C25H22N4O2. The summed E-state index contributed by atoms with van der Waals surface area (Å²) in [6, 6.07) is 19.3. The van der Waals surface area contributed by atoms with Crippen LogP contribution in [-0.2, 0) is 4.79 Å². The average molecular weight is 410 g/mol. The van der Waals surface area contributed by atoms with E-state index in [1.54, 1.807) is 12.1 Å². The number of nitrogens with one attached hydrogen (secondary N) is 1. The molecule has 1 amide bonds. The van der Waals surface area contributed by atoms with Crippen LogP contribution in [0.15, 0.2) is 73.3 Å². The summed E-state index contributed by atoms with van der Waals surface area (Å²) in [4.78, 5) is 17.4. The number of para-hydroxylation sites is 1. The SMILES string of the molecule is C=CC(=O)N1CCC(c2[nH]c3nnc(-c4ccccc4O)cc3c2-c2ccccc2)C1. The third-order valence-electron chi connectivity index (χ3n) is 5.91. The molecule has 4 aromatic rings. The van der Waals surface area contributed by atoms with Crippen molar-refractivity contribution in [3.8, 4) is 28.1 Å². The summed E-state index contributed by atoms with van der Waals surface area (Å²) >= 11 is 0. The zero-order valence-corrected chi connectivity index (χ0v) is 17.0. The van der Waals surface area contributed by atoms with Crippen molar-refractivity contribution < 1.29 is 9.90 Å². The van der Waals surface area contributed by atoms with Gasteiger partial charge in [0.15, 0.2) is 5.65 Å². The van der Waals surface area contributed by atoms with Gasteiger partial charge in [0.05, 0.1) is 5.69 Å². The van der Waals surface area contributed by atoms with E-state index in [0.29, 0.717) is 30.0 Å². The van der Waals surface area contributed by atoms with Crippen molar-refractivity contribution >= 4 is 16.9 Å². The second-order valence-electron chi connectivity index (χ2n) is 7.76. The minimum Gasteiger partial charge on any atom is -0.507 e. The van der Waals surface area contributed by atoms with Crippen LogP contribution in [0.5, 0.6) is 5.75 Å². The van der Waals surface area contributed by atoms with E-state index < -0.39 is 0 Å². The number of hydrogen-bond acceptors (Lipinski definition) is 4. The summed E-state index contributed by atoms with van der Waals surface area (Å²) in [5, 5.41) is 20.0. The average Bonchev–Trinajstić information content (AvgIpc) is 3.44. The number of nitrogens with zero attached hydrogens (tertiary/aromatic N) is 3. The minimum atomic E-state index is -0.0403. The molecule has 1 atom stereocenters. The van der Waals surface area contributed by atoms with E-state index in [0.717, 1.165) is 28.6 Å². The number of rotatable bonds is 4. The summed E-state index contributed by atoms with van der Waals surface area (Å²) in [7, 11) is 0. The number of fused-ring (bicyclic) bond motifs is 1. The fourth-order valence-electron chi connectivity index (χ4n) is 4.38. The van der Waals surface area contributed by atoms with E-state index >= 15 is 0 Å². The van der Waals surface area contributed by atoms with E-state index in [9.17, 15) is 9.90 Å². The fourth-order valence-corrected chi connectivity index (χ4v) is 4.38. The summed E-state index contributed by atoms with van der Waals surface area (Å²) in [6.45, 7) is 4.95. The first-order chi connectivity index (χ1) is 15.2. The van der Waals surface area contributed by atoms with Crippen LogP contribution >= 0.6 is 0 Å². The van der Waals surface area contributed by atoms with Crippen molar-refractivity contribution in [2.75, 3.05) is 13.1 Å². The van der Waals surface area contributed by atoms with Gasteiger partial charge < -0.3 is 15.0 Å². The molecular weight excluding hydrogens is 388 g/mol. The molecule has 2 aromatic carbocycles. The van der Waals surface area contributed by atoms with Gasteiger partial charge >= 0.3 is 0 Å². The Morgan fingerprint density at radius 3 is 2.68 bits per heavy atom. The second kappa shape index (κ2) is 7.72. The van der Waals surface area contributed by atoms with Gasteiger partial charge in [-0.05, 0) is 36.3 Å². The number of likely N-dealkylation sites (tertiary alicyclic amines) is 1. The van der Waals surface area contributed by atoms with Crippen molar-refractivity contribution in [1.82, 2.24) is 20.1 Å². The van der Waals surface area contributed by atoms with Gasteiger partial charge in [0.1, 0.15) is 5.75 Å². The van der Waals surface area contributed by atoms with Crippen LogP contribution in [0.4, 0.5) is 0 Å². The van der Waals surface area contributed by atoms with Gasteiger partial charge in [-0.15, -0.1) is 10.2 Å². The lowest BCUT2D eigenvalue weighted by Gasteiger charge is -2.15. The first-order valence-electron chi connectivity index (χ1n) is 10.3. The molecule has 2 N–H and O–H groups in total. The molecule has 1 fully saturated rings. The molecule has 0 spiro atoms. The van der Waals surface area contributed by atoms with E-state index in [2.05, 4.69) is 33.9 Å². The number of phenolic OH excluding ortho intramolecular Hbond substituents is 1. The molecule has 3 heterocycles. The zero-order chi connectivity index (χ0) is 21.4. The van der Waals surface area contributed by atoms with Crippen molar-refractivity contribution in [1.29, 1.82) is 0 Å². The van der Waals surface area contributed by atoms with Gasteiger partial charge in [-0.3, -0.25) is 4.79 Å². The number of benzene rings is 2. The molecule has 31 heavy (non-hydrogen) atoms. The molecule has 154 valence electrons. The highest BCUT2D eigenvalue weighted by molar-refractivity contribution is 5.97. The van der Waals surface area contributed by atoms with Crippen LogP contribution in [0.2, 0.25) is 0 Å². The number of carbonyl (C=O) groups is 1. The lowest BCUT2D eigenvalue weighted by atomic mass is 9.94. The van der Waals surface area contributed by atoms with Crippen molar-refractivity contribution in [2.24, 2.45) is 0 Å². The smallest absolute Gasteiger partial charge is 0.245 e. The largest absolute Gasteiger partial charge is 0.507 e. The van der Waals surface area contributed by atoms with Gasteiger partial charge in [-0.1, -0.05) is 49.0 Å². The summed E-state index contributed by atoms with van der Waals surface area (Å²) in [6.07, 6.45) is 2.24. The van der Waals surface area contributed by atoms with Crippen molar-refractivity contribution in [3.05, 3.63) is 79.0 Å². The maximum atomic E-state index is 12.1. The molecule has 5 rings (SSSR count). The Balaban J connectivity index is 1.67. The Kier molecular flexibility index (Phi) is 4.75. The van der Waals surface area contributed by atoms with Crippen LogP contribution in [0, 0.1) is 0 Å². The quantitative estimate of drug-likeness (QED) is 0.486. The zero-order valence-electron chi connectivity index (χ0n) is 17.0. The maximum Gasteiger partial charge on any atom is 0.245 e. The van der Waals surface area contributed by atoms with Crippen molar-refractivity contribution in [2.45, 2.75) is 12.3 Å². The highest BCUT2D eigenvalue weighted by Crippen LogP contribution is 2.40. The topological polar surface area (TPSA) is 82.1 Å². The normalized spacial score (nSPS) is 16.0. The number of aromatic hydroxyl groups is 1. The number of carbonyl (C=O) groups excluding carboxylic acids is 1. The third-order valence-corrected chi connectivity index (χ3v) is 5.91. The standard InChI is InChI=1S/C25H22N4O2/c1-2-22(31)29-13-12-17(15-29)24-23(16-8-4-3-5-9-16)19-14-20(27-28-25(19)26-24)18-10-6-7-11-21(18)30/h2-11,14,17,30H,1,12-13,15H2,(H,26,28). The van der Waals surface area contributed by atoms with E-state index in [1.807, 2.05) is 41.3 Å². The molecule has 0 aliphatic carbocycles. The number of hydrogen-bond donors (Lipinski definition) is 2. The lowest BCUT2D eigenvalue weighted by molar-refractivity contribution is -0.125. The van der Waals surface area contributed by atoms with Gasteiger partial charge in [0.25, 0.3) is 0 Å². The molecule has 6 nitrogen and oxygen atoms in total. The second-order valence-corrected chi connectivity index (χ2v) is 7.76. The monoisotopic (exact) mass is 410 g/mol. The Labute approximate surface area is 179 Å². The van der Waals surface area contributed by atoms with Crippen LogP contribution in [0.25, 0.3) is 33.4 Å². The number of phenols is 1. The first-order valence-corrected chi connectivity index (χ1v) is 10.3. The van der Waals surface area contributed by atoms with Crippen LogP contribution < -0.4 is 0 Å². The maximum absolute atomic E-state index is 12.1. The highest BCUT2D eigenvalue weighted by atomic mass is 16.3. The van der Waals surface area contributed by atoms with Crippen LogP contribution in [0.3, 0.4) is 0 Å². The van der Waals surface area contributed by atoms with Crippen molar-refractivity contribution in [3.63, 3.8) is 0 Å². The predicted molar refractivity (Wildman–Crippen MR) is 121 cm³/mol. The molecule has 0 bridgehead atoms. The Bertz CT molecular complexity index is 1280. The molecule has 0 radical (unpaired) electrons. The molecule has 2 aromatic heterocycles. The molecule has 1 aliphatic heterocycles.